The van der Waals surface area contributed by atoms with E-state index < -0.39 is 10.2 Å². The van der Waals surface area contributed by atoms with Crippen LogP contribution in [0.2, 0.25) is 0 Å². The summed E-state index contributed by atoms with van der Waals surface area (Å²) < 4.78 is 29.4. The van der Waals surface area contributed by atoms with Crippen LogP contribution in [-0.2, 0) is 10.2 Å². The summed E-state index contributed by atoms with van der Waals surface area (Å²) in [4.78, 5) is 4.01. The number of anilines is 1. The molecule has 1 aromatic carbocycles. The van der Waals surface area contributed by atoms with Crippen LogP contribution in [0, 0.1) is 0 Å². The molecule has 0 spiro atoms. The Labute approximate surface area is 161 Å². The summed E-state index contributed by atoms with van der Waals surface area (Å²) in [5, 5.41) is 13.0. The molecular formula is C18H17N7O2S. The van der Waals surface area contributed by atoms with E-state index in [9.17, 15) is 8.42 Å². The second kappa shape index (κ2) is 6.98. The van der Waals surface area contributed by atoms with Gasteiger partial charge in [-0.25, -0.2) is 0 Å². The van der Waals surface area contributed by atoms with Crippen LogP contribution in [0.4, 0.5) is 5.69 Å². The van der Waals surface area contributed by atoms with Crippen LogP contribution in [0.5, 0.6) is 0 Å². The van der Waals surface area contributed by atoms with Crippen LogP contribution in [0.3, 0.4) is 0 Å². The highest BCUT2D eigenvalue weighted by Gasteiger charge is 2.14. The predicted molar refractivity (Wildman–Crippen MR) is 106 cm³/mol. The van der Waals surface area contributed by atoms with Gasteiger partial charge in [-0.05, 0) is 36.4 Å². The van der Waals surface area contributed by atoms with Gasteiger partial charge in [0.1, 0.15) is 0 Å². The lowest BCUT2D eigenvalue weighted by atomic mass is 10.1. The van der Waals surface area contributed by atoms with Gasteiger partial charge in [-0.2, -0.15) is 22.3 Å². The highest BCUT2D eigenvalue weighted by Crippen LogP contribution is 2.23. The number of nitrogens with zero attached hydrogens (tertiary/aromatic N) is 6. The molecule has 3 heterocycles. The van der Waals surface area contributed by atoms with Gasteiger partial charge < -0.3 is 0 Å². The van der Waals surface area contributed by atoms with Gasteiger partial charge in [-0.15, -0.1) is 10.2 Å². The number of aromatic nitrogens is 5. The second-order valence-electron chi connectivity index (χ2n) is 6.22. The molecule has 3 aromatic heterocycles. The summed E-state index contributed by atoms with van der Waals surface area (Å²) in [7, 11) is -0.654. The topological polar surface area (TPSA) is 105 Å². The molecular weight excluding hydrogens is 378 g/mol. The van der Waals surface area contributed by atoms with E-state index >= 15 is 0 Å². The average Bonchev–Trinajstić information content (AvgIpc) is 3.11. The van der Waals surface area contributed by atoms with Crippen LogP contribution in [0.1, 0.15) is 0 Å². The van der Waals surface area contributed by atoms with Crippen molar-refractivity contribution in [3.05, 3.63) is 60.9 Å². The Balaban J connectivity index is 1.75. The predicted octanol–water partition coefficient (Wildman–Crippen LogP) is 2.07. The minimum absolute atomic E-state index is 0.450. The number of hydrogen-bond donors (Lipinski definition) is 1. The number of pyridine rings is 1. The molecule has 9 nitrogen and oxygen atoms in total. The van der Waals surface area contributed by atoms with Crippen molar-refractivity contribution in [1.29, 1.82) is 0 Å². The van der Waals surface area contributed by atoms with Crippen molar-refractivity contribution in [2.24, 2.45) is 0 Å². The van der Waals surface area contributed by atoms with E-state index in [4.69, 9.17) is 0 Å². The molecule has 4 rings (SSSR count). The lowest BCUT2D eigenvalue weighted by Gasteiger charge is -2.14. The van der Waals surface area contributed by atoms with Crippen molar-refractivity contribution in [3.8, 4) is 22.6 Å². The van der Waals surface area contributed by atoms with Gasteiger partial charge in [0, 0.05) is 37.6 Å². The van der Waals surface area contributed by atoms with E-state index in [1.165, 1.54) is 14.1 Å². The number of nitrogens with one attached hydrogen (secondary N) is 1. The molecule has 0 aliphatic heterocycles. The van der Waals surface area contributed by atoms with Gasteiger partial charge in [-0.1, -0.05) is 12.1 Å². The molecule has 0 bridgehead atoms. The third-order valence-electron chi connectivity index (χ3n) is 4.09. The zero-order valence-corrected chi connectivity index (χ0v) is 16.0. The quantitative estimate of drug-likeness (QED) is 0.555. The first kappa shape index (κ1) is 18.0. The van der Waals surface area contributed by atoms with Gasteiger partial charge >= 0.3 is 10.2 Å². The fraction of sp³-hybridized carbons (Fsp3) is 0.111. The van der Waals surface area contributed by atoms with E-state index in [-0.39, 0.29) is 0 Å². The van der Waals surface area contributed by atoms with Gasteiger partial charge in [-0.3, -0.25) is 9.71 Å². The molecule has 1 N–H and O–H groups in total. The van der Waals surface area contributed by atoms with E-state index in [0.29, 0.717) is 22.9 Å². The summed E-state index contributed by atoms with van der Waals surface area (Å²) in [6, 6.07) is 14.3. The van der Waals surface area contributed by atoms with Crippen molar-refractivity contribution in [1.82, 2.24) is 29.1 Å². The number of hydrogen-bond acceptors (Lipinski definition) is 6. The number of rotatable bonds is 5. The van der Waals surface area contributed by atoms with Crippen molar-refractivity contribution in [2.75, 3.05) is 18.8 Å². The molecule has 142 valence electrons. The van der Waals surface area contributed by atoms with Crippen molar-refractivity contribution in [3.63, 3.8) is 0 Å². The zero-order chi connectivity index (χ0) is 19.7. The average molecular weight is 395 g/mol. The highest BCUT2D eigenvalue weighted by molar-refractivity contribution is 7.90. The maximum Gasteiger partial charge on any atom is 0.301 e. The van der Waals surface area contributed by atoms with E-state index in [2.05, 4.69) is 25.0 Å². The first-order valence-corrected chi connectivity index (χ1v) is 9.82. The van der Waals surface area contributed by atoms with Crippen LogP contribution in [-0.4, -0.2) is 51.6 Å². The third kappa shape index (κ3) is 3.42. The molecule has 0 radical (unpaired) electrons. The summed E-state index contributed by atoms with van der Waals surface area (Å²) in [6.07, 6.45) is 3.36. The molecule has 0 aliphatic rings. The van der Waals surface area contributed by atoms with Crippen LogP contribution >= 0.6 is 0 Å². The minimum Gasteiger partial charge on any atom is -0.271 e. The fourth-order valence-electron chi connectivity index (χ4n) is 2.61. The molecule has 0 saturated carbocycles. The fourth-order valence-corrected chi connectivity index (χ4v) is 3.21. The highest BCUT2D eigenvalue weighted by atomic mass is 32.2. The Morgan fingerprint density at radius 1 is 0.964 bits per heavy atom. The molecule has 0 fully saturated rings. The third-order valence-corrected chi connectivity index (χ3v) is 5.54. The van der Waals surface area contributed by atoms with E-state index in [0.717, 1.165) is 15.4 Å². The molecule has 0 amide bonds. The molecule has 0 unspecified atom stereocenters. The monoisotopic (exact) mass is 395 g/mol. The lowest BCUT2D eigenvalue weighted by Crippen LogP contribution is -2.28. The Kier molecular flexibility index (Phi) is 4.49. The standard InChI is InChI=1S/C18H17N7O2S/c1-24(2)28(26,27)23-15-5-3-4-14(12-15)16-6-7-17-20-21-18(25(17)22-16)13-8-10-19-11-9-13/h3-12,23H,1-2H3. The molecule has 28 heavy (non-hydrogen) atoms. The van der Waals surface area contributed by atoms with Gasteiger partial charge in [0.15, 0.2) is 11.5 Å². The normalized spacial score (nSPS) is 11.8. The summed E-state index contributed by atoms with van der Waals surface area (Å²) >= 11 is 0. The Hall–Kier alpha value is -3.37. The largest absolute Gasteiger partial charge is 0.301 e. The summed E-state index contributed by atoms with van der Waals surface area (Å²) in [5.41, 5.74) is 3.33. The molecule has 0 atom stereocenters. The van der Waals surface area contributed by atoms with Gasteiger partial charge in [0.05, 0.1) is 11.4 Å². The maximum atomic E-state index is 12.1. The van der Waals surface area contributed by atoms with Crippen molar-refractivity contribution < 1.29 is 8.42 Å². The first-order chi connectivity index (χ1) is 13.4. The Morgan fingerprint density at radius 3 is 2.50 bits per heavy atom. The Bertz CT molecular complexity index is 1240. The first-order valence-electron chi connectivity index (χ1n) is 8.37. The van der Waals surface area contributed by atoms with Crippen molar-refractivity contribution >= 4 is 21.5 Å². The minimum atomic E-state index is -3.59. The second-order valence-corrected chi connectivity index (χ2v) is 8.10. The summed E-state index contributed by atoms with van der Waals surface area (Å²) in [6.45, 7) is 0. The van der Waals surface area contributed by atoms with E-state index in [1.54, 1.807) is 35.1 Å². The summed E-state index contributed by atoms with van der Waals surface area (Å²) in [5.74, 6) is 0.601. The number of benzene rings is 1. The van der Waals surface area contributed by atoms with Crippen LogP contribution < -0.4 is 4.72 Å². The SMILES string of the molecule is CN(C)S(=O)(=O)Nc1cccc(-c2ccc3nnc(-c4ccncc4)n3n2)c1. The molecule has 4 aromatic rings. The number of fused-ring (bicyclic) bond motifs is 1. The zero-order valence-electron chi connectivity index (χ0n) is 15.2. The molecule has 10 heteroatoms. The van der Waals surface area contributed by atoms with Crippen molar-refractivity contribution in [2.45, 2.75) is 0 Å². The van der Waals surface area contributed by atoms with Crippen LogP contribution in [0.25, 0.3) is 28.3 Å². The van der Waals surface area contributed by atoms with Gasteiger partial charge in [0.25, 0.3) is 0 Å². The molecule has 0 saturated heterocycles. The Morgan fingerprint density at radius 2 is 1.75 bits per heavy atom. The lowest BCUT2D eigenvalue weighted by molar-refractivity contribution is 0.527. The van der Waals surface area contributed by atoms with Crippen LogP contribution in [0.15, 0.2) is 60.9 Å². The van der Waals surface area contributed by atoms with E-state index in [1.807, 2.05) is 30.3 Å². The maximum absolute atomic E-state index is 12.1. The molecule has 0 aliphatic carbocycles. The van der Waals surface area contributed by atoms with Gasteiger partial charge in [0.2, 0.25) is 0 Å². The smallest absolute Gasteiger partial charge is 0.271 e.